The van der Waals surface area contributed by atoms with Gasteiger partial charge in [-0.15, -0.1) is 11.3 Å². The number of rotatable bonds is 21. The van der Waals surface area contributed by atoms with Gasteiger partial charge in [0, 0.05) is 127 Å². The minimum absolute atomic E-state index is 0.00687. The van der Waals surface area contributed by atoms with Crippen molar-refractivity contribution in [1.29, 1.82) is 0 Å². The van der Waals surface area contributed by atoms with Crippen LogP contribution in [0.4, 0.5) is 39.3 Å². The molecule has 0 spiro atoms. The predicted octanol–water partition coefficient (Wildman–Crippen LogP) is 9.46. The number of carbonyl (C=O) groups is 5. The summed E-state index contributed by atoms with van der Waals surface area (Å²) in [5.41, 5.74) is 4.08. The number of hydrogen-bond donors (Lipinski definition) is 4. The highest BCUT2D eigenvalue weighted by molar-refractivity contribution is 7.13. The van der Waals surface area contributed by atoms with Crippen LogP contribution in [0, 0.1) is 24.0 Å². The van der Waals surface area contributed by atoms with E-state index >= 15 is 4.39 Å². The molecule has 5 aromatic rings. The number of likely N-dealkylation sites (N-methyl/N-ethyl adjacent to an activating group) is 1. The highest BCUT2D eigenvalue weighted by atomic mass is 32.1. The summed E-state index contributed by atoms with van der Waals surface area (Å²) >= 11 is 1.57. The summed E-state index contributed by atoms with van der Waals surface area (Å²) < 4.78 is 72.4. The largest absolute Gasteiger partial charge is 0.417 e. The molecule has 0 saturated carbocycles. The fraction of sp³-hybridized carbons (Fsp3) is 0.515. The summed E-state index contributed by atoms with van der Waals surface area (Å²) in [5.74, 6) is -3.20. The third kappa shape index (κ3) is 16.7. The van der Waals surface area contributed by atoms with Crippen molar-refractivity contribution < 1.29 is 51.0 Å². The van der Waals surface area contributed by atoms with Crippen molar-refractivity contribution in [3.8, 4) is 10.4 Å². The van der Waals surface area contributed by atoms with Gasteiger partial charge in [0.25, 0.3) is 5.91 Å². The van der Waals surface area contributed by atoms with E-state index in [1.54, 1.807) is 23.7 Å². The number of halogens is 5. The van der Waals surface area contributed by atoms with Crippen molar-refractivity contribution in [2.24, 2.45) is 5.41 Å². The number of amides is 5. The third-order valence-electron chi connectivity index (χ3n) is 17.7. The van der Waals surface area contributed by atoms with Gasteiger partial charge in [0.05, 0.1) is 44.7 Å². The first-order chi connectivity index (χ1) is 42.8. The van der Waals surface area contributed by atoms with Crippen LogP contribution in [-0.2, 0) is 38.4 Å². The molecule has 0 bridgehead atoms. The number of aliphatic hydroxyl groups excluding tert-OH is 1. The van der Waals surface area contributed by atoms with Gasteiger partial charge in [0.2, 0.25) is 29.6 Å². The van der Waals surface area contributed by atoms with E-state index in [1.807, 2.05) is 99.1 Å². The molecule has 0 radical (unpaired) electrons. The van der Waals surface area contributed by atoms with Crippen LogP contribution in [-0.4, -0.2) is 165 Å². The summed E-state index contributed by atoms with van der Waals surface area (Å²) in [5, 5.41) is 19.2. The number of alkyl halides is 3. The van der Waals surface area contributed by atoms with Crippen LogP contribution >= 0.6 is 11.3 Å². The molecular weight excluding hydrogens is 1180 g/mol. The van der Waals surface area contributed by atoms with Crippen LogP contribution in [0.3, 0.4) is 0 Å². The standard InChI is InChI=1S/C66H83F5N12O6S/c1-41-36-82(37-42(2)78(41)7)55-32-53(68)51(31-54(55)76-61(87)50-20-19-48(67)29-52(50)66(69,70)71)46-21-23-81(24-22-46)64-73-34-45(35-74-64)38-79-25-27-80(28-26-79)58(86)14-12-10-8-9-11-13-57(85)77-60(65(4,5)6)63(89)83-39-49(84)30-56(83)62(88)72-33-44-15-17-47(18-16-44)59-43(3)75-40-90-59/h15-21,29,31-32,34-35,40-42,49,56,60,84H,8-14,22-28,30,33,36-39H2,1-7H3,(H,72,88)(H,76,87)(H,77,85)/t41-,42+,49-,56+,60-/m1/s1. The first-order valence-corrected chi connectivity index (χ1v) is 32.0. The molecule has 18 nitrogen and oxygen atoms in total. The van der Waals surface area contributed by atoms with Crippen molar-refractivity contribution in [2.75, 3.05) is 81.1 Å². The Morgan fingerprint density at radius 3 is 2.11 bits per heavy atom. The quantitative estimate of drug-likeness (QED) is 0.0401. The van der Waals surface area contributed by atoms with Gasteiger partial charge in [-0.2, -0.15) is 13.2 Å². The van der Waals surface area contributed by atoms with Gasteiger partial charge in [0.15, 0.2) is 0 Å². The van der Waals surface area contributed by atoms with E-state index in [1.165, 1.54) is 17.0 Å². The number of thiazole rings is 1. The minimum atomic E-state index is -5.00. The minimum Gasteiger partial charge on any atom is -0.391 e. The Hall–Kier alpha value is -7.41. The van der Waals surface area contributed by atoms with E-state index in [-0.39, 0.29) is 73.1 Å². The van der Waals surface area contributed by atoms with Crippen LogP contribution in [0.1, 0.15) is 131 Å². The number of benzene rings is 3. The van der Waals surface area contributed by atoms with Crippen LogP contribution < -0.4 is 25.8 Å². The number of β-amino-alcohol motifs (C(OH)–C–C–N with tert-alkyl or cyclic N) is 1. The van der Waals surface area contributed by atoms with Gasteiger partial charge < -0.3 is 40.7 Å². The number of likely N-dealkylation sites (tertiary alicyclic amines) is 1. The van der Waals surface area contributed by atoms with Gasteiger partial charge in [-0.1, -0.05) is 70.4 Å². The zero-order chi connectivity index (χ0) is 64.6. The number of aliphatic hydroxyl groups is 1. The Kier molecular flexibility index (Phi) is 21.8. The lowest BCUT2D eigenvalue weighted by Gasteiger charge is -2.44. The first kappa shape index (κ1) is 67.0. The molecule has 3 fully saturated rings. The molecule has 6 heterocycles. The molecule has 9 rings (SSSR count). The van der Waals surface area contributed by atoms with Crippen molar-refractivity contribution in [3.63, 3.8) is 0 Å². The molecule has 4 N–H and O–H groups in total. The lowest BCUT2D eigenvalue weighted by atomic mass is 9.85. The zero-order valence-corrected chi connectivity index (χ0v) is 53.2. The van der Waals surface area contributed by atoms with Crippen molar-refractivity contribution in [2.45, 2.75) is 149 Å². The molecule has 3 aromatic carbocycles. The summed E-state index contributed by atoms with van der Waals surface area (Å²) in [6, 6.07) is 10.9. The molecule has 3 saturated heterocycles. The van der Waals surface area contributed by atoms with Crippen LogP contribution in [0.5, 0.6) is 0 Å². The van der Waals surface area contributed by atoms with Crippen LogP contribution in [0.2, 0.25) is 0 Å². The third-order valence-corrected chi connectivity index (χ3v) is 18.7. The number of unbranched alkanes of at least 4 members (excludes halogenated alkanes) is 4. The second-order valence-electron chi connectivity index (χ2n) is 25.4. The molecule has 5 atom stereocenters. The van der Waals surface area contributed by atoms with Gasteiger partial charge >= 0.3 is 6.18 Å². The Morgan fingerprint density at radius 2 is 1.48 bits per heavy atom. The number of aryl methyl sites for hydroxylation is 1. The summed E-state index contributed by atoms with van der Waals surface area (Å²) in [6.07, 6.45) is 4.51. The molecule has 90 heavy (non-hydrogen) atoms. The molecule has 0 aliphatic carbocycles. The van der Waals surface area contributed by atoms with E-state index in [2.05, 4.69) is 40.7 Å². The number of piperazine rings is 2. The van der Waals surface area contributed by atoms with Gasteiger partial charge in [-0.25, -0.2) is 23.7 Å². The summed E-state index contributed by atoms with van der Waals surface area (Å²) in [6.45, 7) is 16.7. The number of anilines is 3. The summed E-state index contributed by atoms with van der Waals surface area (Å²) in [7, 11) is 1.98. The van der Waals surface area contributed by atoms with E-state index in [9.17, 15) is 46.6 Å². The van der Waals surface area contributed by atoms with Crippen molar-refractivity contribution in [3.05, 3.63) is 124 Å². The summed E-state index contributed by atoms with van der Waals surface area (Å²) in [4.78, 5) is 94.1. The Bertz CT molecular complexity index is 3380. The van der Waals surface area contributed by atoms with Crippen molar-refractivity contribution in [1.82, 2.24) is 45.2 Å². The average molecular weight is 1270 g/mol. The van der Waals surface area contributed by atoms with E-state index in [0.717, 1.165) is 65.1 Å². The second-order valence-corrected chi connectivity index (χ2v) is 26.3. The lowest BCUT2D eigenvalue weighted by Crippen LogP contribution is -2.57. The Morgan fingerprint density at radius 1 is 0.800 bits per heavy atom. The fourth-order valence-electron chi connectivity index (χ4n) is 12.3. The van der Waals surface area contributed by atoms with Gasteiger partial charge in [-0.05, 0) is 99.5 Å². The SMILES string of the molecule is Cc1ncsc1-c1ccc(CNC(=O)[C@@H]2C[C@@H](O)CN2C(=O)[C@@H](NC(=O)CCCCCCCC(=O)N2CCN(Cc3cnc(N4CC=C(c5cc(NC(=O)c6ccc(F)cc6C(F)(F)F)c(N6C[C@@H](C)N(C)[C@@H](C)C6)cc5F)CC4)nc3)CC2)C(C)(C)C)cc1. The maximum Gasteiger partial charge on any atom is 0.417 e. The van der Waals surface area contributed by atoms with E-state index in [0.29, 0.717) is 95.4 Å². The zero-order valence-electron chi connectivity index (χ0n) is 52.3. The van der Waals surface area contributed by atoms with E-state index < -0.39 is 64.4 Å². The molecule has 2 aromatic heterocycles. The second kappa shape index (κ2) is 29.3. The van der Waals surface area contributed by atoms with Crippen molar-refractivity contribution >= 4 is 63.8 Å². The Balaban J connectivity index is 0.683. The molecule has 0 unspecified atom stereocenters. The van der Waals surface area contributed by atoms with Crippen LogP contribution in [0.25, 0.3) is 16.0 Å². The fourth-order valence-corrected chi connectivity index (χ4v) is 13.1. The molecular formula is C66H83F5N12O6S. The van der Waals surface area contributed by atoms with Crippen LogP contribution in [0.15, 0.2) is 78.6 Å². The predicted molar refractivity (Wildman–Crippen MR) is 337 cm³/mol. The highest BCUT2D eigenvalue weighted by Gasteiger charge is 2.45. The first-order valence-electron chi connectivity index (χ1n) is 31.1. The van der Waals surface area contributed by atoms with E-state index in [4.69, 9.17) is 0 Å². The highest BCUT2D eigenvalue weighted by Crippen LogP contribution is 2.39. The monoisotopic (exact) mass is 1270 g/mol. The normalized spacial score (nSPS) is 19.8. The van der Waals surface area contributed by atoms with Gasteiger partial charge in [0.1, 0.15) is 23.7 Å². The number of aromatic nitrogens is 3. The maximum atomic E-state index is 16.3. The topological polar surface area (TPSA) is 200 Å². The smallest absolute Gasteiger partial charge is 0.391 e. The molecule has 484 valence electrons. The van der Waals surface area contributed by atoms with Gasteiger partial charge in [-0.3, -0.25) is 33.8 Å². The average Bonchev–Trinajstić information content (AvgIpc) is 0.879. The molecule has 4 aliphatic rings. The number of hydrogen-bond acceptors (Lipinski definition) is 14. The number of carbonyl (C=O) groups excluding carboxylic acids is 5. The number of nitrogens with zero attached hydrogens (tertiary/aromatic N) is 9. The Labute approximate surface area is 527 Å². The lowest BCUT2D eigenvalue weighted by molar-refractivity contribution is -0.144. The number of nitrogens with one attached hydrogen (secondary N) is 3. The molecule has 5 amide bonds. The molecule has 4 aliphatic heterocycles. The maximum absolute atomic E-state index is 16.3. The molecule has 24 heteroatoms.